The van der Waals surface area contributed by atoms with Crippen molar-refractivity contribution in [3.8, 4) is 0 Å². The molecule has 0 spiro atoms. The number of carboxylic acids is 1. The minimum Gasteiger partial charge on any atom is -0.478 e. The van der Waals surface area contributed by atoms with E-state index in [1.807, 2.05) is 60.7 Å². The first-order valence-electron chi connectivity index (χ1n) is 8.27. The van der Waals surface area contributed by atoms with Crippen LogP contribution in [0.2, 0.25) is 0 Å². The van der Waals surface area contributed by atoms with Gasteiger partial charge in [-0.2, -0.15) is 0 Å². The van der Waals surface area contributed by atoms with E-state index in [0.29, 0.717) is 6.42 Å². The summed E-state index contributed by atoms with van der Waals surface area (Å²) in [6.45, 7) is 0. The van der Waals surface area contributed by atoms with E-state index in [1.165, 1.54) is 12.1 Å². The molecule has 26 heavy (non-hydrogen) atoms. The van der Waals surface area contributed by atoms with Crippen molar-refractivity contribution in [2.45, 2.75) is 12.5 Å². The lowest BCUT2D eigenvalue weighted by Crippen LogP contribution is -2.16. The zero-order valence-corrected chi connectivity index (χ0v) is 14.0. The number of hydrogen-bond donors (Lipinski definition) is 1. The summed E-state index contributed by atoms with van der Waals surface area (Å²) in [5.74, 6) is -1.80. The number of carbonyl (C=O) groups excluding carboxylic acids is 1. The molecule has 0 aliphatic heterocycles. The van der Waals surface area contributed by atoms with Crippen molar-refractivity contribution in [1.82, 2.24) is 0 Å². The third-order valence-corrected chi connectivity index (χ3v) is 4.06. The summed E-state index contributed by atoms with van der Waals surface area (Å²) in [4.78, 5) is 24.0. The van der Waals surface area contributed by atoms with Gasteiger partial charge in [-0.15, -0.1) is 0 Å². The highest BCUT2D eigenvalue weighted by Gasteiger charge is 2.22. The average molecular weight is 346 g/mol. The van der Waals surface area contributed by atoms with E-state index in [1.54, 1.807) is 12.1 Å². The number of esters is 1. The molecule has 0 bridgehead atoms. The van der Waals surface area contributed by atoms with Gasteiger partial charge < -0.3 is 9.84 Å². The zero-order chi connectivity index (χ0) is 18.4. The van der Waals surface area contributed by atoms with Crippen LogP contribution in [0.25, 0.3) is 0 Å². The lowest BCUT2D eigenvalue weighted by atomic mass is 10.0. The summed E-state index contributed by atoms with van der Waals surface area (Å²) >= 11 is 0. The Bertz CT molecular complexity index is 888. The number of carbonyl (C=O) groups is 2. The van der Waals surface area contributed by atoms with E-state index in [-0.39, 0.29) is 11.1 Å². The van der Waals surface area contributed by atoms with Crippen LogP contribution in [0.5, 0.6) is 0 Å². The summed E-state index contributed by atoms with van der Waals surface area (Å²) in [7, 11) is 0. The van der Waals surface area contributed by atoms with Crippen molar-refractivity contribution >= 4 is 11.9 Å². The molecule has 0 amide bonds. The summed E-state index contributed by atoms with van der Waals surface area (Å²) in [5.41, 5.74) is 1.87. The molecule has 0 radical (unpaired) electrons. The van der Waals surface area contributed by atoms with Gasteiger partial charge in [-0.3, -0.25) is 0 Å². The Morgan fingerprint density at radius 1 is 0.769 bits per heavy atom. The molecule has 3 aromatic carbocycles. The lowest BCUT2D eigenvalue weighted by Gasteiger charge is -2.19. The van der Waals surface area contributed by atoms with Crippen LogP contribution < -0.4 is 0 Å². The van der Waals surface area contributed by atoms with Gasteiger partial charge in [0.15, 0.2) is 0 Å². The molecule has 3 rings (SSSR count). The first kappa shape index (κ1) is 17.4. The SMILES string of the molecule is O=C(O)c1ccccc1C(=O)OC(Cc1ccccc1)c1ccccc1. The molecule has 1 N–H and O–H groups in total. The van der Waals surface area contributed by atoms with E-state index in [9.17, 15) is 14.7 Å². The van der Waals surface area contributed by atoms with Crippen molar-refractivity contribution in [2.75, 3.05) is 0 Å². The number of carboxylic acid groups (broad SMARTS) is 1. The Morgan fingerprint density at radius 2 is 1.31 bits per heavy atom. The van der Waals surface area contributed by atoms with Crippen LogP contribution in [-0.2, 0) is 11.2 Å². The molecule has 0 aromatic heterocycles. The number of rotatable bonds is 6. The van der Waals surface area contributed by atoms with Crippen molar-refractivity contribution in [2.24, 2.45) is 0 Å². The minimum absolute atomic E-state index is 0.0500. The second-order valence-corrected chi connectivity index (χ2v) is 5.85. The molecule has 0 heterocycles. The van der Waals surface area contributed by atoms with Crippen molar-refractivity contribution in [1.29, 1.82) is 0 Å². The zero-order valence-electron chi connectivity index (χ0n) is 14.0. The second kappa shape index (κ2) is 8.12. The van der Waals surface area contributed by atoms with Gasteiger partial charge in [-0.25, -0.2) is 9.59 Å². The number of hydrogen-bond acceptors (Lipinski definition) is 3. The Balaban J connectivity index is 1.88. The van der Waals surface area contributed by atoms with Crippen molar-refractivity contribution < 1.29 is 19.4 Å². The van der Waals surface area contributed by atoms with Crippen LogP contribution in [-0.4, -0.2) is 17.0 Å². The maximum atomic E-state index is 12.7. The average Bonchev–Trinajstić information content (AvgIpc) is 2.69. The van der Waals surface area contributed by atoms with E-state index >= 15 is 0 Å². The van der Waals surface area contributed by atoms with Crippen LogP contribution in [0, 0.1) is 0 Å². The monoisotopic (exact) mass is 346 g/mol. The van der Waals surface area contributed by atoms with Gasteiger partial charge >= 0.3 is 11.9 Å². The third kappa shape index (κ3) is 4.16. The molecule has 1 unspecified atom stereocenters. The Morgan fingerprint density at radius 3 is 1.92 bits per heavy atom. The summed E-state index contributed by atoms with van der Waals surface area (Å²) in [5, 5.41) is 9.29. The topological polar surface area (TPSA) is 63.6 Å². The molecule has 0 saturated heterocycles. The highest BCUT2D eigenvalue weighted by atomic mass is 16.5. The molecule has 0 saturated carbocycles. The molecule has 0 aliphatic carbocycles. The Hall–Kier alpha value is -3.40. The molecule has 0 aliphatic rings. The minimum atomic E-state index is -1.16. The van der Waals surface area contributed by atoms with E-state index < -0.39 is 18.0 Å². The second-order valence-electron chi connectivity index (χ2n) is 5.85. The smallest absolute Gasteiger partial charge is 0.339 e. The van der Waals surface area contributed by atoms with E-state index in [4.69, 9.17) is 4.74 Å². The fourth-order valence-corrected chi connectivity index (χ4v) is 2.76. The van der Waals surface area contributed by atoms with Crippen LogP contribution in [0.1, 0.15) is 37.9 Å². The number of benzene rings is 3. The van der Waals surface area contributed by atoms with Crippen LogP contribution in [0.4, 0.5) is 0 Å². The molecule has 130 valence electrons. The van der Waals surface area contributed by atoms with Gasteiger partial charge in [0.25, 0.3) is 0 Å². The predicted molar refractivity (Wildman–Crippen MR) is 98.1 cm³/mol. The van der Waals surface area contributed by atoms with Gasteiger partial charge in [-0.1, -0.05) is 72.8 Å². The molecule has 0 fully saturated rings. The summed E-state index contributed by atoms with van der Waals surface area (Å²) < 4.78 is 5.72. The quantitative estimate of drug-likeness (QED) is 0.666. The van der Waals surface area contributed by atoms with Crippen LogP contribution >= 0.6 is 0 Å². The lowest BCUT2D eigenvalue weighted by molar-refractivity contribution is 0.0292. The van der Waals surface area contributed by atoms with Gasteiger partial charge in [0.05, 0.1) is 11.1 Å². The molecule has 1 atom stereocenters. The molecule has 3 aromatic rings. The third-order valence-electron chi connectivity index (χ3n) is 4.06. The maximum Gasteiger partial charge on any atom is 0.339 e. The maximum absolute atomic E-state index is 12.7. The van der Waals surface area contributed by atoms with Crippen molar-refractivity contribution in [3.63, 3.8) is 0 Å². The Labute approximate surface area is 151 Å². The molecule has 4 heteroatoms. The fraction of sp³-hybridized carbons (Fsp3) is 0.0909. The van der Waals surface area contributed by atoms with Crippen LogP contribution in [0.15, 0.2) is 84.9 Å². The predicted octanol–water partition coefficient (Wildman–Crippen LogP) is 4.53. The van der Waals surface area contributed by atoms with Gasteiger partial charge in [-0.05, 0) is 23.3 Å². The largest absolute Gasteiger partial charge is 0.478 e. The first-order chi connectivity index (χ1) is 12.6. The van der Waals surface area contributed by atoms with Crippen molar-refractivity contribution in [3.05, 3.63) is 107 Å². The summed E-state index contributed by atoms with van der Waals surface area (Å²) in [6, 6.07) is 25.2. The molecular formula is C22H18O4. The molecule has 4 nitrogen and oxygen atoms in total. The standard InChI is InChI=1S/C22H18O4/c23-21(24)18-13-7-8-14-19(18)22(25)26-20(17-11-5-2-6-12-17)15-16-9-3-1-4-10-16/h1-14,20H,15H2,(H,23,24). The first-order valence-corrected chi connectivity index (χ1v) is 8.27. The Kier molecular flexibility index (Phi) is 5.44. The van der Waals surface area contributed by atoms with Crippen LogP contribution in [0.3, 0.4) is 0 Å². The number of aromatic carboxylic acids is 1. The van der Waals surface area contributed by atoms with E-state index in [2.05, 4.69) is 0 Å². The summed E-state index contributed by atoms with van der Waals surface area (Å²) in [6.07, 6.45) is -0.000741. The van der Waals surface area contributed by atoms with Gasteiger partial charge in [0, 0.05) is 6.42 Å². The number of ether oxygens (including phenoxy) is 1. The van der Waals surface area contributed by atoms with E-state index in [0.717, 1.165) is 11.1 Å². The fourth-order valence-electron chi connectivity index (χ4n) is 2.76. The molecular weight excluding hydrogens is 328 g/mol. The van der Waals surface area contributed by atoms with Gasteiger partial charge in [0.2, 0.25) is 0 Å². The highest BCUT2D eigenvalue weighted by molar-refractivity contribution is 6.02. The highest BCUT2D eigenvalue weighted by Crippen LogP contribution is 2.24. The van der Waals surface area contributed by atoms with Gasteiger partial charge in [0.1, 0.15) is 6.10 Å². The normalized spacial score (nSPS) is 11.5.